The topological polar surface area (TPSA) is 88.9 Å². The number of anilines is 2. The van der Waals surface area contributed by atoms with E-state index in [9.17, 15) is 8.42 Å². The minimum absolute atomic E-state index is 0.0995. The van der Waals surface area contributed by atoms with Gasteiger partial charge in [-0.15, -0.1) is 0 Å². The lowest BCUT2D eigenvalue weighted by Crippen LogP contribution is -2.16. The number of sulfonamides is 1. The van der Waals surface area contributed by atoms with Crippen LogP contribution in [0.4, 0.5) is 11.5 Å². The van der Waals surface area contributed by atoms with Crippen molar-refractivity contribution >= 4 is 21.5 Å². The minimum Gasteiger partial charge on any atom is -0.384 e. The average molecular weight is 281 g/mol. The molecule has 0 aliphatic carbocycles. The highest BCUT2D eigenvalue weighted by Gasteiger charge is 2.19. The number of hydrogen-bond donors (Lipinski definition) is 2. The van der Waals surface area contributed by atoms with E-state index in [-0.39, 0.29) is 10.7 Å². The number of nitrogens with one attached hydrogen (secondary N) is 2. The second-order valence-corrected chi connectivity index (χ2v) is 5.53. The highest BCUT2D eigenvalue weighted by Crippen LogP contribution is 2.21. The van der Waals surface area contributed by atoms with Crippen molar-refractivity contribution in [2.45, 2.75) is 11.8 Å². The van der Waals surface area contributed by atoms with Crippen LogP contribution in [-0.4, -0.2) is 29.7 Å². The van der Waals surface area contributed by atoms with Crippen LogP contribution in [0, 0.1) is 0 Å². The maximum Gasteiger partial charge on any atom is 0.266 e. The van der Waals surface area contributed by atoms with E-state index in [1.54, 1.807) is 25.4 Å². The molecule has 0 fully saturated rings. The number of aryl methyl sites for hydroxylation is 1. The Labute approximate surface area is 111 Å². The normalized spacial score (nSPS) is 11.3. The largest absolute Gasteiger partial charge is 0.384 e. The molecular weight excluding hydrogens is 266 g/mol. The van der Waals surface area contributed by atoms with Crippen molar-refractivity contribution in [1.82, 2.24) is 14.8 Å². The number of rotatable bonds is 5. The fraction of sp³-hybridized carbons (Fsp3) is 0.273. The lowest BCUT2D eigenvalue weighted by molar-refractivity contribution is 0.600. The molecule has 0 saturated carbocycles. The number of hydrogen-bond acceptors (Lipinski definition) is 5. The van der Waals surface area contributed by atoms with Gasteiger partial charge in [0.05, 0.1) is 5.69 Å². The van der Waals surface area contributed by atoms with Gasteiger partial charge >= 0.3 is 0 Å². The monoisotopic (exact) mass is 281 g/mol. The number of aromatic nitrogens is 3. The Hall–Kier alpha value is -2.09. The molecule has 8 heteroatoms. The van der Waals surface area contributed by atoms with Crippen LogP contribution in [0.3, 0.4) is 0 Å². The highest BCUT2D eigenvalue weighted by atomic mass is 32.2. The summed E-state index contributed by atoms with van der Waals surface area (Å²) in [6, 6.07) is 3.21. The summed E-state index contributed by atoms with van der Waals surface area (Å²) in [7, 11) is -1.99. The Morgan fingerprint density at radius 2 is 2.16 bits per heavy atom. The molecule has 2 aromatic heterocycles. The second kappa shape index (κ2) is 5.27. The molecule has 0 bridgehead atoms. The molecule has 0 spiro atoms. The van der Waals surface area contributed by atoms with Crippen molar-refractivity contribution in [3.8, 4) is 0 Å². The van der Waals surface area contributed by atoms with Crippen molar-refractivity contribution in [3.05, 3.63) is 30.7 Å². The fourth-order valence-electron chi connectivity index (χ4n) is 1.59. The zero-order chi connectivity index (χ0) is 13.9. The summed E-state index contributed by atoms with van der Waals surface area (Å²) >= 11 is 0. The molecule has 0 saturated heterocycles. The third-order valence-electron chi connectivity index (χ3n) is 2.39. The van der Waals surface area contributed by atoms with E-state index in [2.05, 4.69) is 20.1 Å². The Morgan fingerprint density at radius 1 is 1.37 bits per heavy atom. The van der Waals surface area contributed by atoms with Crippen LogP contribution in [-0.2, 0) is 17.1 Å². The molecule has 0 aliphatic heterocycles. The summed E-state index contributed by atoms with van der Waals surface area (Å²) in [4.78, 5) is 3.96. The van der Waals surface area contributed by atoms with Gasteiger partial charge in [-0.1, -0.05) is 0 Å². The van der Waals surface area contributed by atoms with Gasteiger partial charge in [0.2, 0.25) is 0 Å². The Bertz CT molecular complexity index is 665. The molecule has 2 aromatic rings. The quantitative estimate of drug-likeness (QED) is 0.855. The molecule has 0 atom stereocenters. The standard InChI is InChI=1S/C11H15N5O2S/c1-3-13-9-4-6-12-8-10(9)19(17,18)15-11-5-7-16(2)14-11/h4-8H,3H2,1-2H3,(H,12,13)(H,14,15). The number of pyridine rings is 1. The Morgan fingerprint density at radius 3 is 2.79 bits per heavy atom. The Balaban J connectivity index is 2.34. The maximum absolute atomic E-state index is 12.3. The number of nitrogens with zero attached hydrogens (tertiary/aromatic N) is 3. The first-order valence-electron chi connectivity index (χ1n) is 5.73. The second-order valence-electron chi connectivity index (χ2n) is 3.88. The molecule has 7 nitrogen and oxygen atoms in total. The fourth-order valence-corrected chi connectivity index (χ4v) is 2.72. The van der Waals surface area contributed by atoms with Crippen LogP contribution in [0.2, 0.25) is 0 Å². The maximum atomic E-state index is 12.3. The summed E-state index contributed by atoms with van der Waals surface area (Å²) in [5.41, 5.74) is 0.515. The van der Waals surface area contributed by atoms with Gasteiger partial charge in [-0.05, 0) is 13.0 Å². The van der Waals surface area contributed by atoms with Crippen molar-refractivity contribution in [1.29, 1.82) is 0 Å². The predicted octanol–water partition coefficient (Wildman–Crippen LogP) is 1.05. The van der Waals surface area contributed by atoms with E-state index >= 15 is 0 Å². The molecule has 0 unspecified atom stereocenters. The predicted molar refractivity (Wildman–Crippen MR) is 72.4 cm³/mol. The minimum atomic E-state index is -3.70. The molecule has 0 aliphatic rings. The summed E-state index contributed by atoms with van der Waals surface area (Å²) in [5, 5.41) is 6.97. The van der Waals surface area contributed by atoms with Gasteiger partial charge in [-0.2, -0.15) is 5.10 Å². The lowest BCUT2D eigenvalue weighted by atomic mass is 10.4. The molecule has 2 heterocycles. The summed E-state index contributed by atoms with van der Waals surface area (Å²) in [5.74, 6) is 0.272. The van der Waals surface area contributed by atoms with Crippen molar-refractivity contribution in [2.75, 3.05) is 16.6 Å². The molecule has 19 heavy (non-hydrogen) atoms. The molecule has 0 radical (unpaired) electrons. The smallest absolute Gasteiger partial charge is 0.266 e. The van der Waals surface area contributed by atoms with Gasteiger partial charge in [0.25, 0.3) is 10.0 Å². The van der Waals surface area contributed by atoms with Crippen molar-refractivity contribution < 1.29 is 8.42 Å². The molecular formula is C11H15N5O2S. The SMILES string of the molecule is CCNc1ccncc1S(=O)(=O)Nc1ccn(C)n1. The van der Waals surface area contributed by atoms with E-state index in [0.717, 1.165) is 0 Å². The van der Waals surface area contributed by atoms with Gasteiger partial charge in [0.15, 0.2) is 5.82 Å². The van der Waals surface area contributed by atoms with Crippen LogP contribution < -0.4 is 10.0 Å². The summed E-state index contributed by atoms with van der Waals surface area (Å²) in [6.45, 7) is 2.51. The van der Waals surface area contributed by atoms with Crippen LogP contribution in [0.25, 0.3) is 0 Å². The average Bonchev–Trinajstić information content (AvgIpc) is 2.75. The Kier molecular flexibility index (Phi) is 3.70. The lowest BCUT2D eigenvalue weighted by Gasteiger charge is -2.10. The van der Waals surface area contributed by atoms with Gasteiger partial charge in [-0.25, -0.2) is 8.42 Å². The zero-order valence-electron chi connectivity index (χ0n) is 10.7. The van der Waals surface area contributed by atoms with Gasteiger partial charge in [-0.3, -0.25) is 14.4 Å². The summed E-state index contributed by atoms with van der Waals surface area (Å²) in [6.07, 6.45) is 4.51. The first-order chi connectivity index (χ1) is 9.03. The van der Waals surface area contributed by atoms with Crippen LogP contribution in [0.5, 0.6) is 0 Å². The van der Waals surface area contributed by atoms with Gasteiger partial charge in [0, 0.05) is 38.2 Å². The first kappa shape index (κ1) is 13.3. The molecule has 102 valence electrons. The molecule has 2 N–H and O–H groups in total. The van der Waals surface area contributed by atoms with E-state index in [1.165, 1.54) is 17.1 Å². The van der Waals surface area contributed by atoms with E-state index in [0.29, 0.717) is 12.2 Å². The van der Waals surface area contributed by atoms with E-state index in [1.807, 2.05) is 6.92 Å². The first-order valence-corrected chi connectivity index (χ1v) is 7.21. The molecule has 0 amide bonds. The zero-order valence-corrected chi connectivity index (χ0v) is 11.5. The summed E-state index contributed by atoms with van der Waals surface area (Å²) < 4.78 is 28.5. The van der Waals surface area contributed by atoms with Crippen LogP contribution in [0.1, 0.15) is 6.92 Å². The van der Waals surface area contributed by atoms with Crippen LogP contribution >= 0.6 is 0 Å². The molecule has 0 aromatic carbocycles. The highest BCUT2D eigenvalue weighted by molar-refractivity contribution is 7.92. The third kappa shape index (κ3) is 3.02. The van der Waals surface area contributed by atoms with Gasteiger partial charge < -0.3 is 5.32 Å². The van der Waals surface area contributed by atoms with Crippen LogP contribution in [0.15, 0.2) is 35.6 Å². The van der Waals surface area contributed by atoms with Gasteiger partial charge in [0.1, 0.15) is 4.90 Å². The third-order valence-corrected chi connectivity index (χ3v) is 3.78. The van der Waals surface area contributed by atoms with E-state index < -0.39 is 10.0 Å². The van der Waals surface area contributed by atoms with E-state index in [4.69, 9.17) is 0 Å². The van der Waals surface area contributed by atoms with Crippen molar-refractivity contribution in [3.63, 3.8) is 0 Å². The molecule has 2 rings (SSSR count). The van der Waals surface area contributed by atoms with Crippen molar-refractivity contribution in [2.24, 2.45) is 7.05 Å².